The smallest absolute Gasteiger partial charge is 0.317 e. The molecule has 4 heteroatoms. The monoisotopic (exact) mass is 172 g/mol. The van der Waals surface area contributed by atoms with Crippen LogP contribution in [0.1, 0.15) is 13.8 Å². The number of carboxylic acid groups (broad SMARTS) is 1. The van der Waals surface area contributed by atoms with Gasteiger partial charge in [-0.05, 0) is 13.8 Å². The highest BCUT2D eigenvalue weighted by molar-refractivity contribution is 5.69. The van der Waals surface area contributed by atoms with E-state index in [0.29, 0.717) is 6.54 Å². The second kappa shape index (κ2) is 5.74. The fourth-order valence-electron chi connectivity index (χ4n) is 0.831. The number of hydrogen-bond acceptors (Lipinski definition) is 3. The third-order valence-electron chi connectivity index (χ3n) is 1.30. The second-order valence-electron chi connectivity index (χ2n) is 2.86. The highest BCUT2D eigenvalue weighted by Crippen LogP contribution is 1.92. The van der Waals surface area contributed by atoms with Crippen molar-refractivity contribution in [1.29, 1.82) is 0 Å². The van der Waals surface area contributed by atoms with Crippen molar-refractivity contribution in [3.63, 3.8) is 0 Å². The van der Waals surface area contributed by atoms with Gasteiger partial charge in [-0.15, -0.1) is 0 Å². The summed E-state index contributed by atoms with van der Waals surface area (Å²) in [7, 11) is 0. The summed E-state index contributed by atoms with van der Waals surface area (Å²) in [5.74, 6) is -0.865. The minimum atomic E-state index is -0.865. The minimum Gasteiger partial charge on any atom is -0.480 e. The Kier molecular flexibility index (Phi) is 5.32. The summed E-state index contributed by atoms with van der Waals surface area (Å²) in [5.41, 5.74) is 6.54. The first kappa shape index (κ1) is 11.1. The van der Waals surface area contributed by atoms with Gasteiger partial charge in [0.15, 0.2) is 0 Å². The summed E-state index contributed by atoms with van der Waals surface area (Å²) in [6.07, 6.45) is 1.92. The molecule has 0 spiro atoms. The molecule has 0 aliphatic rings. The van der Waals surface area contributed by atoms with Gasteiger partial charge >= 0.3 is 5.97 Å². The predicted octanol–water partition coefficient (Wildman–Crippen LogP) is -0.0459. The van der Waals surface area contributed by atoms with E-state index in [2.05, 4.69) is 5.32 Å². The highest BCUT2D eigenvalue weighted by atomic mass is 16.4. The summed E-state index contributed by atoms with van der Waals surface area (Å²) in [4.78, 5) is 10.2. The number of carboxylic acids is 1. The van der Waals surface area contributed by atoms with Gasteiger partial charge in [-0.1, -0.05) is 11.6 Å². The van der Waals surface area contributed by atoms with Gasteiger partial charge in [-0.3, -0.25) is 10.1 Å². The zero-order valence-electron chi connectivity index (χ0n) is 7.50. The molecule has 0 aromatic heterocycles. The Bertz CT molecular complexity index is 174. The number of allylic oxidation sites excluding steroid dienone is 1. The van der Waals surface area contributed by atoms with Crippen LogP contribution in [0.5, 0.6) is 0 Å². The van der Waals surface area contributed by atoms with Gasteiger partial charge in [0.05, 0.1) is 6.54 Å². The molecular weight excluding hydrogens is 156 g/mol. The van der Waals surface area contributed by atoms with Crippen LogP contribution in [0.25, 0.3) is 0 Å². The topological polar surface area (TPSA) is 75.3 Å². The molecule has 0 aromatic carbocycles. The van der Waals surface area contributed by atoms with E-state index in [1.54, 1.807) is 0 Å². The molecule has 0 radical (unpaired) electrons. The fourth-order valence-corrected chi connectivity index (χ4v) is 0.831. The molecule has 12 heavy (non-hydrogen) atoms. The lowest BCUT2D eigenvalue weighted by Gasteiger charge is -2.10. The summed E-state index contributed by atoms with van der Waals surface area (Å²) in [6.45, 7) is 4.26. The number of aliphatic carboxylic acids is 1. The molecule has 0 rings (SSSR count). The van der Waals surface area contributed by atoms with Crippen molar-refractivity contribution in [2.45, 2.75) is 19.9 Å². The summed E-state index contributed by atoms with van der Waals surface area (Å²) in [6, 6.07) is -0.0360. The lowest BCUT2D eigenvalue weighted by atomic mass is 10.2. The Morgan fingerprint density at radius 3 is 2.58 bits per heavy atom. The first-order valence-electron chi connectivity index (χ1n) is 3.86. The van der Waals surface area contributed by atoms with Crippen LogP contribution in [0.15, 0.2) is 11.6 Å². The number of nitrogens with one attached hydrogen (secondary N) is 1. The standard InChI is InChI=1S/C8H16N2O2/c1-6(2)3-7(4-9)10-5-8(11)12/h3,7,10H,4-5,9H2,1-2H3,(H,11,12). The van der Waals surface area contributed by atoms with E-state index in [0.717, 1.165) is 5.57 Å². The largest absolute Gasteiger partial charge is 0.480 e. The Morgan fingerprint density at radius 2 is 2.25 bits per heavy atom. The molecule has 0 saturated heterocycles. The Labute approximate surface area is 72.4 Å². The van der Waals surface area contributed by atoms with E-state index in [9.17, 15) is 4.79 Å². The highest BCUT2D eigenvalue weighted by Gasteiger charge is 2.03. The number of rotatable bonds is 5. The van der Waals surface area contributed by atoms with Gasteiger partial charge in [0, 0.05) is 12.6 Å². The van der Waals surface area contributed by atoms with Crippen molar-refractivity contribution in [2.24, 2.45) is 5.73 Å². The van der Waals surface area contributed by atoms with E-state index in [-0.39, 0.29) is 12.6 Å². The van der Waals surface area contributed by atoms with E-state index < -0.39 is 5.97 Å². The molecule has 0 aliphatic heterocycles. The Balaban J connectivity index is 3.84. The first-order chi connectivity index (χ1) is 5.56. The maximum atomic E-state index is 10.2. The molecule has 4 N–H and O–H groups in total. The van der Waals surface area contributed by atoms with E-state index >= 15 is 0 Å². The fraction of sp³-hybridized carbons (Fsp3) is 0.625. The second-order valence-corrected chi connectivity index (χ2v) is 2.86. The van der Waals surface area contributed by atoms with Gasteiger partial charge in [0.25, 0.3) is 0 Å². The molecule has 1 atom stereocenters. The first-order valence-corrected chi connectivity index (χ1v) is 3.86. The van der Waals surface area contributed by atoms with Gasteiger partial charge in [0.1, 0.15) is 0 Å². The van der Waals surface area contributed by atoms with E-state index in [4.69, 9.17) is 10.8 Å². The van der Waals surface area contributed by atoms with Crippen molar-refractivity contribution in [3.8, 4) is 0 Å². The van der Waals surface area contributed by atoms with Crippen molar-refractivity contribution < 1.29 is 9.90 Å². The third kappa shape index (κ3) is 5.88. The molecule has 0 aromatic rings. The van der Waals surface area contributed by atoms with Crippen LogP contribution in [0, 0.1) is 0 Å². The molecule has 0 fully saturated rings. The van der Waals surface area contributed by atoms with Gasteiger partial charge in [-0.25, -0.2) is 0 Å². The Morgan fingerprint density at radius 1 is 1.67 bits per heavy atom. The van der Waals surface area contributed by atoms with Crippen LogP contribution in [0.2, 0.25) is 0 Å². The molecule has 70 valence electrons. The number of hydrogen-bond donors (Lipinski definition) is 3. The quantitative estimate of drug-likeness (QED) is 0.508. The van der Waals surface area contributed by atoms with Crippen LogP contribution in [-0.2, 0) is 4.79 Å². The van der Waals surface area contributed by atoms with E-state index in [1.165, 1.54) is 0 Å². The molecule has 0 amide bonds. The van der Waals surface area contributed by atoms with Crippen LogP contribution < -0.4 is 11.1 Å². The maximum absolute atomic E-state index is 10.2. The normalized spacial score (nSPS) is 12.2. The van der Waals surface area contributed by atoms with Crippen LogP contribution in [0.3, 0.4) is 0 Å². The molecule has 0 aliphatic carbocycles. The zero-order valence-corrected chi connectivity index (χ0v) is 7.50. The van der Waals surface area contributed by atoms with Gasteiger partial charge < -0.3 is 10.8 Å². The zero-order chi connectivity index (χ0) is 9.56. The summed E-state index contributed by atoms with van der Waals surface area (Å²) in [5, 5.41) is 11.2. The molecule has 4 nitrogen and oxygen atoms in total. The molecule has 0 bridgehead atoms. The van der Waals surface area contributed by atoms with E-state index in [1.807, 2.05) is 19.9 Å². The summed E-state index contributed by atoms with van der Waals surface area (Å²) >= 11 is 0. The van der Waals surface area contributed by atoms with Crippen molar-refractivity contribution >= 4 is 5.97 Å². The minimum absolute atomic E-state index is 0.0360. The Hall–Kier alpha value is -0.870. The average molecular weight is 172 g/mol. The lowest BCUT2D eigenvalue weighted by Crippen LogP contribution is -2.37. The van der Waals surface area contributed by atoms with Gasteiger partial charge in [0.2, 0.25) is 0 Å². The predicted molar refractivity (Wildman–Crippen MR) is 47.9 cm³/mol. The number of nitrogens with two attached hydrogens (primary N) is 1. The molecular formula is C8H16N2O2. The molecule has 0 saturated carbocycles. The lowest BCUT2D eigenvalue weighted by molar-refractivity contribution is -0.136. The van der Waals surface area contributed by atoms with Crippen molar-refractivity contribution in [3.05, 3.63) is 11.6 Å². The average Bonchev–Trinajstić information content (AvgIpc) is 1.97. The van der Waals surface area contributed by atoms with Crippen LogP contribution in [-0.4, -0.2) is 30.2 Å². The third-order valence-corrected chi connectivity index (χ3v) is 1.30. The van der Waals surface area contributed by atoms with Gasteiger partial charge in [-0.2, -0.15) is 0 Å². The SMILES string of the molecule is CC(C)=CC(CN)NCC(=O)O. The molecule has 0 heterocycles. The van der Waals surface area contributed by atoms with Crippen LogP contribution in [0.4, 0.5) is 0 Å². The summed E-state index contributed by atoms with van der Waals surface area (Å²) < 4.78 is 0. The maximum Gasteiger partial charge on any atom is 0.317 e. The van der Waals surface area contributed by atoms with Crippen LogP contribution >= 0.6 is 0 Å². The van der Waals surface area contributed by atoms with Crippen molar-refractivity contribution in [1.82, 2.24) is 5.32 Å². The number of carbonyl (C=O) groups is 1. The molecule has 1 unspecified atom stereocenters. The van der Waals surface area contributed by atoms with Crippen molar-refractivity contribution in [2.75, 3.05) is 13.1 Å².